The van der Waals surface area contributed by atoms with Gasteiger partial charge in [0, 0.05) is 12.1 Å². The molecule has 1 fully saturated rings. The van der Waals surface area contributed by atoms with Crippen molar-refractivity contribution in [2.45, 2.75) is 45.2 Å². The second-order valence-electron chi connectivity index (χ2n) is 6.49. The van der Waals surface area contributed by atoms with Gasteiger partial charge in [-0.05, 0) is 45.2 Å². The molecule has 1 aliphatic heterocycles. The summed E-state index contributed by atoms with van der Waals surface area (Å²) in [5, 5.41) is 4.35. The van der Waals surface area contributed by atoms with Crippen molar-refractivity contribution in [1.29, 1.82) is 0 Å². The number of carbonyl (C=O) groups excluding carboxylic acids is 1. The minimum atomic E-state index is -0.334. The summed E-state index contributed by atoms with van der Waals surface area (Å²) in [6.07, 6.45) is 3.05. The Bertz CT molecular complexity index is 806. The van der Waals surface area contributed by atoms with Crippen LogP contribution in [0.5, 0.6) is 5.75 Å². The lowest BCUT2D eigenvalue weighted by Crippen LogP contribution is -2.48. The summed E-state index contributed by atoms with van der Waals surface area (Å²) in [6.45, 7) is 4.10. The molecule has 0 saturated carbocycles. The zero-order chi connectivity index (χ0) is 18.0. The second-order valence-corrected chi connectivity index (χ2v) is 6.49. The largest absolute Gasteiger partial charge is 0.494 e. The van der Waals surface area contributed by atoms with E-state index in [0.717, 1.165) is 19.3 Å². The number of nitrogens with zero attached hydrogens (tertiary/aromatic N) is 3. The molecule has 1 aliphatic rings. The number of likely N-dealkylation sites (tertiary alicyclic amines) is 1. The molecule has 1 aromatic carbocycles. The maximum Gasteiger partial charge on any atom is 0.278 e. The van der Waals surface area contributed by atoms with Crippen molar-refractivity contribution in [2.75, 3.05) is 7.11 Å². The highest BCUT2D eigenvalue weighted by Gasteiger charge is 2.32. The number of benzene rings is 1. The molecule has 2 heterocycles. The quantitative estimate of drug-likeness (QED) is 0.861. The Balaban J connectivity index is 2.08. The van der Waals surface area contributed by atoms with Crippen molar-refractivity contribution in [3.63, 3.8) is 0 Å². The molecular weight excluding hydrogens is 318 g/mol. The second kappa shape index (κ2) is 7.09. The molecule has 0 spiro atoms. The van der Waals surface area contributed by atoms with Gasteiger partial charge in [0.25, 0.3) is 11.5 Å². The molecule has 2 aromatic rings. The van der Waals surface area contributed by atoms with Crippen LogP contribution in [0.15, 0.2) is 41.2 Å². The number of ether oxygens (including phenoxy) is 1. The van der Waals surface area contributed by atoms with Crippen molar-refractivity contribution in [2.24, 2.45) is 0 Å². The molecule has 1 amide bonds. The van der Waals surface area contributed by atoms with E-state index in [-0.39, 0.29) is 35.0 Å². The third-order valence-electron chi connectivity index (χ3n) is 4.75. The van der Waals surface area contributed by atoms with Gasteiger partial charge in [-0.3, -0.25) is 9.59 Å². The zero-order valence-electron chi connectivity index (χ0n) is 14.8. The molecule has 0 radical (unpaired) electrons. The number of hydrogen-bond donors (Lipinski definition) is 0. The monoisotopic (exact) mass is 341 g/mol. The first-order valence-corrected chi connectivity index (χ1v) is 8.59. The lowest BCUT2D eigenvalue weighted by atomic mass is 9.97. The normalized spacial score (nSPS) is 20.4. The van der Waals surface area contributed by atoms with Crippen molar-refractivity contribution >= 4 is 5.91 Å². The van der Waals surface area contributed by atoms with Crippen LogP contribution in [0.3, 0.4) is 0 Å². The van der Waals surface area contributed by atoms with Gasteiger partial charge in [0.2, 0.25) is 0 Å². The first-order chi connectivity index (χ1) is 12.0. The van der Waals surface area contributed by atoms with Crippen LogP contribution in [0.25, 0.3) is 5.69 Å². The molecule has 0 bridgehead atoms. The SMILES string of the molecule is COc1cc(=O)n(-c2ccccc2)nc1C(=O)N1C(C)CCCC1C. The van der Waals surface area contributed by atoms with E-state index in [1.54, 1.807) is 12.1 Å². The highest BCUT2D eigenvalue weighted by atomic mass is 16.5. The molecule has 1 aromatic heterocycles. The Morgan fingerprint density at radius 3 is 2.40 bits per heavy atom. The fourth-order valence-corrected chi connectivity index (χ4v) is 3.44. The lowest BCUT2D eigenvalue weighted by molar-refractivity contribution is 0.0499. The molecule has 2 atom stereocenters. The molecule has 6 nitrogen and oxygen atoms in total. The van der Waals surface area contributed by atoms with E-state index in [2.05, 4.69) is 5.10 Å². The number of rotatable bonds is 3. The Kier molecular flexibility index (Phi) is 4.88. The Morgan fingerprint density at radius 2 is 1.80 bits per heavy atom. The van der Waals surface area contributed by atoms with Crippen LogP contribution in [-0.4, -0.2) is 39.8 Å². The summed E-state index contributed by atoms with van der Waals surface area (Å²) >= 11 is 0. The van der Waals surface area contributed by atoms with E-state index < -0.39 is 0 Å². The molecule has 0 N–H and O–H groups in total. The topological polar surface area (TPSA) is 64.4 Å². The Hall–Kier alpha value is -2.63. The van der Waals surface area contributed by atoms with E-state index >= 15 is 0 Å². The molecule has 0 aliphatic carbocycles. The maximum absolute atomic E-state index is 13.2. The van der Waals surface area contributed by atoms with Crippen molar-refractivity contribution in [3.05, 3.63) is 52.4 Å². The predicted octanol–water partition coefficient (Wildman–Crippen LogP) is 2.64. The molecule has 6 heteroatoms. The van der Waals surface area contributed by atoms with E-state index in [1.165, 1.54) is 17.9 Å². The van der Waals surface area contributed by atoms with Gasteiger partial charge in [-0.15, -0.1) is 0 Å². The van der Waals surface area contributed by atoms with Gasteiger partial charge in [0.15, 0.2) is 11.4 Å². The molecule has 1 saturated heterocycles. The van der Waals surface area contributed by atoms with Crippen molar-refractivity contribution in [1.82, 2.24) is 14.7 Å². The van der Waals surface area contributed by atoms with E-state index in [9.17, 15) is 9.59 Å². The molecular formula is C19H23N3O3. The predicted molar refractivity (Wildman–Crippen MR) is 95.3 cm³/mol. The molecule has 3 rings (SSSR count). The van der Waals surface area contributed by atoms with Gasteiger partial charge in [-0.1, -0.05) is 18.2 Å². The highest BCUT2D eigenvalue weighted by Crippen LogP contribution is 2.26. The third-order valence-corrected chi connectivity index (χ3v) is 4.75. The van der Waals surface area contributed by atoms with Crippen molar-refractivity contribution in [3.8, 4) is 11.4 Å². The van der Waals surface area contributed by atoms with Gasteiger partial charge in [0.05, 0.1) is 18.9 Å². The average molecular weight is 341 g/mol. The van der Waals surface area contributed by atoms with Crippen molar-refractivity contribution < 1.29 is 9.53 Å². The first-order valence-electron chi connectivity index (χ1n) is 8.59. The minimum absolute atomic E-state index is 0.139. The number of aromatic nitrogens is 2. The average Bonchev–Trinajstić information content (AvgIpc) is 2.61. The smallest absolute Gasteiger partial charge is 0.278 e. The van der Waals surface area contributed by atoms with Gasteiger partial charge in [0.1, 0.15) is 0 Å². The van der Waals surface area contributed by atoms with E-state index in [0.29, 0.717) is 5.69 Å². The lowest BCUT2D eigenvalue weighted by Gasteiger charge is -2.38. The minimum Gasteiger partial charge on any atom is -0.494 e. The van der Waals surface area contributed by atoms with Crippen LogP contribution >= 0.6 is 0 Å². The number of para-hydroxylation sites is 1. The van der Waals surface area contributed by atoms with Crippen LogP contribution in [0.1, 0.15) is 43.6 Å². The van der Waals surface area contributed by atoms with Gasteiger partial charge in [-0.2, -0.15) is 9.78 Å². The summed E-state index contributed by atoms with van der Waals surface area (Å²) in [6, 6.07) is 10.7. The fraction of sp³-hybridized carbons (Fsp3) is 0.421. The van der Waals surface area contributed by atoms with E-state index in [1.807, 2.05) is 36.9 Å². The number of methoxy groups -OCH3 is 1. The zero-order valence-corrected chi connectivity index (χ0v) is 14.8. The van der Waals surface area contributed by atoms with Crippen LogP contribution in [0, 0.1) is 0 Å². The number of carbonyl (C=O) groups is 1. The summed E-state index contributed by atoms with van der Waals surface area (Å²) in [5.41, 5.74) is 0.454. The first kappa shape index (κ1) is 17.2. The number of piperidine rings is 1. The number of amides is 1. The molecule has 2 unspecified atom stereocenters. The maximum atomic E-state index is 13.2. The van der Waals surface area contributed by atoms with Gasteiger partial charge >= 0.3 is 0 Å². The standard InChI is InChI=1S/C19H23N3O3/c1-13-8-7-9-14(2)21(13)19(24)18-16(25-3)12-17(23)22(20-18)15-10-5-4-6-11-15/h4-6,10-14H,7-9H2,1-3H3. The van der Waals surface area contributed by atoms with Crippen LogP contribution in [0.4, 0.5) is 0 Å². The summed E-state index contributed by atoms with van der Waals surface area (Å²) in [7, 11) is 1.45. The van der Waals surface area contributed by atoms with Gasteiger partial charge in [-0.25, -0.2) is 0 Å². The number of hydrogen-bond acceptors (Lipinski definition) is 4. The fourth-order valence-electron chi connectivity index (χ4n) is 3.44. The van der Waals surface area contributed by atoms with Crippen LogP contribution in [-0.2, 0) is 0 Å². The van der Waals surface area contributed by atoms with Crippen LogP contribution < -0.4 is 10.3 Å². The summed E-state index contributed by atoms with van der Waals surface area (Å²) < 4.78 is 6.52. The highest BCUT2D eigenvalue weighted by molar-refractivity contribution is 5.95. The third kappa shape index (κ3) is 3.29. The van der Waals surface area contributed by atoms with Crippen LogP contribution in [0.2, 0.25) is 0 Å². The van der Waals surface area contributed by atoms with E-state index in [4.69, 9.17) is 4.74 Å². The summed E-state index contributed by atoms with van der Waals surface area (Å²) in [5.74, 6) is 0.0217. The Labute approximate surface area is 147 Å². The van der Waals surface area contributed by atoms with Gasteiger partial charge < -0.3 is 9.64 Å². The molecule has 25 heavy (non-hydrogen) atoms. The summed E-state index contributed by atoms with van der Waals surface area (Å²) in [4.78, 5) is 27.4. The molecule has 132 valence electrons. The Morgan fingerprint density at radius 1 is 1.16 bits per heavy atom.